The smallest absolute Gasteiger partial charge is 0.339 e. The second-order valence-electron chi connectivity index (χ2n) is 6.26. The molecule has 1 N–H and O–H groups in total. The molecule has 0 fully saturated rings. The zero-order chi connectivity index (χ0) is 21.3. The molecule has 2 aliphatic rings. The maximum absolute atomic E-state index is 12.6. The van der Waals surface area contributed by atoms with Crippen LogP contribution in [0.1, 0.15) is 18.9 Å². The number of nitrogens with one attached hydrogen (secondary N) is 1. The lowest BCUT2D eigenvalue weighted by molar-refractivity contribution is -0.114. The first-order chi connectivity index (χ1) is 14.4. The predicted molar refractivity (Wildman–Crippen MR) is 116 cm³/mol. The summed E-state index contributed by atoms with van der Waals surface area (Å²) in [5, 5.41) is 15.1. The van der Waals surface area contributed by atoms with Gasteiger partial charge in [-0.05, 0) is 42.5 Å². The fourth-order valence-corrected chi connectivity index (χ4v) is 4.56. The molecule has 0 aliphatic carbocycles. The van der Waals surface area contributed by atoms with Crippen LogP contribution in [-0.4, -0.2) is 35.4 Å². The van der Waals surface area contributed by atoms with Crippen molar-refractivity contribution in [2.75, 3.05) is 0 Å². The third-order valence-electron chi connectivity index (χ3n) is 4.25. The van der Waals surface area contributed by atoms with Crippen LogP contribution in [0.25, 0.3) is 6.08 Å². The van der Waals surface area contributed by atoms with E-state index in [1.165, 1.54) is 41.0 Å². The SMILES string of the molecule is CCC1=NN2C(=N)/C(=C/c3ccccc3OS(=O)(=O)c3ccccc3)C(=O)N=C2S1. The first-order valence-corrected chi connectivity index (χ1v) is 11.2. The van der Waals surface area contributed by atoms with Crippen LogP contribution >= 0.6 is 11.8 Å². The van der Waals surface area contributed by atoms with Crippen LogP contribution in [-0.2, 0) is 14.9 Å². The van der Waals surface area contributed by atoms with E-state index in [0.29, 0.717) is 17.2 Å². The topological polar surface area (TPSA) is 112 Å². The zero-order valence-corrected chi connectivity index (χ0v) is 17.4. The number of hydrogen-bond donors (Lipinski definition) is 1. The van der Waals surface area contributed by atoms with E-state index in [9.17, 15) is 13.2 Å². The fourth-order valence-electron chi connectivity index (χ4n) is 2.76. The van der Waals surface area contributed by atoms with E-state index in [1.54, 1.807) is 36.4 Å². The van der Waals surface area contributed by atoms with Gasteiger partial charge in [0.1, 0.15) is 15.7 Å². The van der Waals surface area contributed by atoms with E-state index in [1.807, 2.05) is 6.92 Å². The summed E-state index contributed by atoms with van der Waals surface area (Å²) in [5.74, 6) is -0.675. The number of amides is 1. The van der Waals surface area contributed by atoms with Crippen LogP contribution in [0.3, 0.4) is 0 Å². The quantitative estimate of drug-likeness (QED) is 0.563. The van der Waals surface area contributed by atoms with E-state index in [-0.39, 0.29) is 22.1 Å². The lowest BCUT2D eigenvalue weighted by Gasteiger charge is -2.20. The Kier molecular flexibility index (Phi) is 5.27. The summed E-state index contributed by atoms with van der Waals surface area (Å²) in [4.78, 5) is 16.5. The first-order valence-electron chi connectivity index (χ1n) is 8.96. The lowest BCUT2D eigenvalue weighted by Crippen LogP contribution is -2.35. The minimum atomic E-state index is -4.06. The number of thioether (sulfide) groups is 1. The Hall–Kier alpha value is -3.24. The lowest BCUT2D eigenvalue weighted by atomic mass is 10.1. The van der Waals surface area contributed by atoms with Crippen molar-refractivity contribution in [1.29, 1.82) is 5.41 Å². The van der Waals surface area contributed by atoms with Crippen LogP contribution in [0.2, 0.25) is 0 Å². The highest BCUT2D eigenvalue weighted by Crippen LogP contribution is 2.31. The average molecular weight is 441 g/mol. The minimum absolute atomic E-state index is 0.00591. The molecule has 0 unspecified atom stereocenters. The van der Waals surface area contributed by atoms with Gasteiger partial charge in [0.15, 0.2) is 5.84 Å². The van der Waals surface area contributed by atoms with E-state index >= 15 is 0 Å². The van der Waals surface area contributed by atoms with E-state index in [4.69, 9.17) is 9.59 Å². The second kappa shape index (κ2) is 7.88. The van der Waals surface area contributed by atoms with Crippen molar-refractivity contribution in [3.63, 3.8) is 0 Å². The Morgan fingerprint density at radius 1 is 1.13 bits per heavy atom. The molecule has 0 spiro atoms. The van der Waals surface area contributed by atoms with Crippen molar-refractivity contribution in [2.45, 2.75) is 18.2 Å². The standard InChI is InChI=1S/C20H16N4O4S2/c1-2-17-23-24-18(21)15(19(25)22-20(24)29-17)12-13-8-6-7-11-16(13)28-30(26,27)14-9-4-3-5-10-14/h3-12,21H,2H2,1H3/b15-12-,21-18?. The van der Waals surface area contributed by atoms with Crippen molar-refractivity contribution in [3.8, 4) is 5.75 Å². The number of hydrogen-bond acceptors (Lipinski definition) is 7. The summed E-state index contributed by atoms with van der Waals surface area (Å²) in [6.07, 6.45) is 2.06. The van der Waals surface area contributed by atoms with Crippen molar-refractivity contribution >= 4 is 49.9 Å². The van der Waals surface area contributed by atoms with Gasteiger partial charge in [0.2, 0.25) is 5.17 Å². The first kappa shape index (κ1) is 20.0. The number of fused-ring (bicyclic) bond motifs is 1. The van der Waals surface area contributed by atoms with Crippen LogP contribution < -0.4 is 4.18 Å². The minimum Gasteiger partial charge on any atom is -0.378 e. The van der Waals surface area contributed by atoms with Crippen molar-refractivity contribution in [1.82, 2.24) is 5.01 Å². The molecule has 2 aromatic rings. The van der Waals surface area contributed by atoms with Crippen molar-refractivity contribution in [3.05, 3.63) is 65.7 Å². The Morgan fingerprint density at radius 3 is 2.57 bits per heavy atom. The molecule has 1 amide bonds. The molecular formula is C20H16N4O4S2. The second-order valence-corrected chi connectivity index (χ2v) is 8.84. The molecule has 0 bridgehead atoms. The maximum atomic E-state index is 12.6. The number of benzene rings is 2. The van der Waals surface area contributed by atoms with Gasteiger partial charge in [0, 0.05) is 5.56 Å². The third-order valence-corrected chi connectivity index (χ3v) is 6.55. The number of amidine groups is 2. The highest BCUT2D eigenvalue weighted by Gasteiger charge is 2.35. The monoisotopic (exact) mass is 440 g/mol. The zero-order valence-electron chi connectivity index (χ0n) is 15.8. The summed E-state index contributed by atoms with van der Waals surface area (Å²) < 4.78 is 30.5. The molecular weight excluding hydrogens is 424 g/mol. The molecule has 152 valence electrons. The third kappa shape index (κ3) is 3.79. The summed E-state index contributed by atoms with van der Waals surface area (Å²) in [6, 6.07) is 14.1. The predicted octanol–water partition coefficient (Wildman–Crippen LogP) is 3.48. The van der Waals surface area contributed by atoms with Gasteiger partial charge in [-0.25, -0.2) is 0 Å². The summed E-state index contributed by atoms with van der Waals surface area (Å²) in [5.41, 5.74) is 0.323. The molecule has 2 heterocycles. The fraction of sp³-hybridized carbons (Fsp3) is 0.100. The molecule has 2 aromatic carbocycles. The summed E-state index contributed by atoms with van der Waals surface area (Å²) in [7, 11) is -4.06. The maximum Gasteiger partial charge on any atom is 0.339 e. The van der Waals surface area contributed by atoms with Gasteiger partial charge in [0.05, 0.1) is 5.57 Å². The number of hydrazone groups is 1. The van der Waals surface area contributed by atoms with Gasteiger partial charge in [-0.15, -0.1) is 0 Å². The normalized spacial score (nSPS) is 17.6. The molecule has 8 nitrogen and oxygen atoms in total. The van der Waals surface area contributed by atoms with E-state index in [0.717, 1.165) is 5.04 Å². The van der Waals surface area contributed by atoms with Crippen LogP contribution in [0.5, 0.6) is 5.75 Å². The highest BCUT2D eigenvalue weighted by molar-refractivity contribution is 8.26. The molecule has 0 radical (unpaired) electrons. The largest absolute Gasteiger partial charge is 0.378 e. The number of carbonyl (C=O) groups is 1. The van der Waals surface area contributed by atoms with Crippen LogP contribution in [0, 0.1) is 5.41 Å². The Bertz CT molecular complexity index is 1230. The van der Waals surface area contributed by atoms with E-state index in [2.05, 4.69) is 10.1 Å². The molecule has 0 aromatic heterocycles. The van der Waals surface area contributed by atoms with Gasteiger partial charge in [-0.2, -0.15) is 23.5 Å². The average Bonchev–Trinajstić information content (AvgIpc) is 3.16. The number of para-hydroxylation sites is 1. The Labute approximate surface area is 177 Å². The number of carbonyl (C=O) groups excluding carboxylic acids is 1. The van der Waals surface area contributed by atoms with Gasteiger partial charge >= 0.3 is 10.1 Å². The van der Waals surface area contributed by atoms with Gasteiger partial charge in [-0.1, -0.05) is 43.3 Å². The van der Waals surface area contributed by atoms with Crippen LogP contribution in [0.4, 0.5) is 0 Å². The molecule has 2 aliphatic heterocycles. The molecule has 0 saturated heterocycles. The molecule has 0 saturated carbocycles. The molecule has 0 atom stereocenters. The van der Waals surface area contributed by atoms with Crippen molar-refractivity contribution < 1.29 is 17.4 Å². The Balaban J connectivity index is 1.70. The number of rotatable bonds is 5. The van der Waals surface area contributed by atoms with Gasteiger partial charge < -0.3 is 4.18 Å². The summed E-state index contributed by atoms with van der Waals surface area (Å²) in [6.45, 7) is 1.92. The number of aliphatic imine (C=N–C) groups is 1. The van der Waals surface area contributed by atoms with Gasteiger partial charge in [0.25, 0.3) is 5.91 Å². The summed E-state index contributed by atoms with van der Waals surface area (Å²) >= 11 is 1.25. The van der Waals surface area contributed by atoms with Crippen molar-refractivity contribution in [2.24, 2.45) is 10.1 Å². The molecule has 10 heteroatoms. The number of nitrogens with zero attached hydrogens (tertiary/aromatic N) is 3. The Morgan fingerprint density at radius 2 is 1.83 bits per heavy atom. The van der Waals surface area contributed by atoms with E-state index < -0.39 is 16.0 Å². The molecule has 30 heavy (non-hydrogen) atoms. The highest BCUT2D eigenvalue weighted by atomic mass is 32.2. The molecule has 4 rings (SSSR count). The van der Waals surface area contributed by atoms with Gasteiger partial charge in [-0.3, -0.25) is 10.2 Å². The van der Waals surface area contributed by atoms with Crippen LogP contribution in [0.15, 0.2) is 75.2 Å².